The number of hydrogen-bond donors (Lipinski definition) is 1. The number of piperidine rings is 1. The second-order valence-corrected chi connectivity index (χ2v) is 9.13. The zero-order valence-corrected chi connectivity index (χ0v) is 21.4. The van der Waals surface area contributed by atoms with Crippen LogP contribution in [-0.4, -0.2) is 60.3 Å². The normalized spacial score (nSPS) is 16.8. The molecule has 36 heavy (non-hydrogen) atoms. The largest absolute Gasteiger partial charge is 0.497 e. The first-order chi connectivity index (χ1) is 17.1. The Kier molecular flexibility index (Phi) is 8.01. The van der Waals surface area contributed by atoms with Crippen molar-refractivity contribution in [2.75, 3.05) is 38.8 Å². The summed E-state index contributed by atoms with van der Waals surface area (Å²) < 4.78 is 12.5. The number of benzene rings is 1. The van der Waals surface area contributed by atoms with E-state index < -0.39 is 0 Å². The highest BCUT2D eigenvalue weighted by atomic mass is 35.5. The van der Waals surface area contributed by atoms with Gasteiger partial charge in [0.1, 0.15) is 11.5 Å². The molecule has 0 atom stereocenters. The number of rotatable bonds is 7. The molecular weight excluding hydrogens is 482 g/mol. The zero-order chi connectivity index (χ0) is 24.4. The summed E-state index contributed by atoms with van der Waals surface area (Å²) >= 11 is 0. The van der Waals surface area contributed by atoms with Crippen LogP contribution in [0.2, 0.25) is 0 Å². The number of carbonyl (C=O) groups is 2. The average Bonchev–Trinajstić information content (AvgIpc) is 3.30. The van der Waals surface area contributed by atoms with Crippen molar-refractivity contribution < 1.29 is 19.1 Å². The maximum Gasteiger partial charge on any atom is 0.331 e. The highest BCUT2D eigenvalue weighted by Gasteiger charge is 2.34. The molecule has 0 bridgehead atoms. The van der Waals surface area contributed by atoms with Crippen LogP contribution in [0.15, 0.2) is 42.7 Å². The maximum absolute atomic E-state index is 13.5. The number of pyridine rings is 1. The number of urea groups is 1. The van der Waals surface area contributed by atoms with Crippen LogP contribution in [-0.2, 0) is 17.8 Å². The predicted molar refractivity (Wildman–Crippen MR) is 139 cm³/mol. The van der Waals surface area contributed by atoms with Crippen molar-refractivity contribution in [2.45, 2.75) is 32.2 Å². The van der Waals surface area contributed by atoms with E-state index in [0.29, 0.717) is 24.0 Å². The lowest BCUT2D eigenvalue weighted by atomic mass is 9.91. The molecule has 3 amide bonds. The summed E-state index contributed by atoms with van der Waals surface area (Å²) in [4.78, 5) is 29.3. The number of nitrogens with one attached hydrogen (secondary N) is 1. The number of amides is 3. The highest BCUT2D eigenvalue weighted by molar-refractivity contribution is 6.07. The van der Waals surface area contributed by atoms with Gasteiger partial charge in [-0.3, -0.25) is 14.6 Å². The number of anilines is 1. The number of methoxy groups -OCH3 is 2. The SMILES string of the molecule is COc1ccc(CN2C(=O)CCN(c3cnn4ccc(CC5CCNCC5)cc34)C2=O)c(OC)c1.Cl. The Morgan fingerprint density at radius 2 is 1.89 bits per heavy atom. The molecule has 2 fully saturated rings. The fourth-order valence-corrected chi connectivity index (χ4v) is 4.99. The van der Waals surface area contributed by atoms with Crippen LogP contribution < -0.4 is 19.7 Å². The van der Waals surface area contributed by atoms with E-state index in [9.17, 15) is 9.59 Å². The van der Waals surface area contributed by atoms with E-state index in [-0.39, 0.29) is 37.3 Å². The van der Waals surface area contributed by atoms with Crippen LogP contribution >= 0.6 is 12.4 Å². The van der Waals surface area contributed by atoms with Gasteiger partial charge in [0.15, 0.2) is 0 Å². The lowest BCUT2D eigenvalue weighted by Gasteiger charge is -2.34. The summed E-state index contributed by atoms with van der Waals surface area (Å²) in [5.41, 5.74) is 3.58. The molecule has 192 valence electrons. The fourth-order valence-electron chi connectivity index (χ4n) is 4.99. The summed E-state index contributed by atoms with van der Waals surface area (Å²) in [6, 6.07) is 9.25. The monoisotopic (exact) mass is 513 g/mol. The number of nitrogens with zero attached hydrogens (tertiary/aromatic N) is 4. The number of imide groups is 1. The molecule has 9 nitrogen and oxygen atoms in total. The number of aromatic nitrogens is 2. The molecule has 0 radical (unpaired) electrons. The first-order valence-corrected chi connectivity index (χ1v) is 12.1. The molecular formula is C26H32ClN5O4. The molecule has 0 aliphatic carbocycles. The molecule has 4 heterocycles. The second-order valence-electron chi connectivity index (χ2n) is 9.13. The van der Waals surface area contributed by atoms with Crippen LogP contribution in [0, 0.1) is 5.92 Å². The summed E-state index contributed by atoms with van der Waals surface area (Å²) in [5.74, 6) is 1.68. The number of hydrogen-bond acceptors (Lipinski definition) is 6. The Labute approximate surface area is 216 Å². The Morgan fingerprint density at radius 1 is 1.08 bits per heavy atom. The van der Waals surface area contributed by atoms with Crippen molar-refractivity contribution >= 4 is 35.5 Å². The van der Waals surface area contributed by atoms with E-state index in [0.717, 1.165) is 36.3 Å². The molecule has 3 aromatic rings. The summed E-state index contributed by atoms with van der Waals surface area (Å²) in [6.45, 7) is 2.58. The van der Waals surface area contributed by atoms with E-state index in [2.05, 4.69) is 22.5 Å². The van der Waals surface area contributed by atoms with Crippen LogP contribution in [0.4, 0.5) is 10.5 Å². The minimum atomic E-state index is -0.349. The summed E-state index contributed by atoms with van der Waals surface area (Å²) in [6.07, 6.45) is 7.27. The number of ether oxygens (including phenoxy) is 2. The van der Waals surface area contributed by atoms with Crippen LogP contribution in [0.5, 0.6) is 11.5 Å². The van der Waals surface area contributed by atoms with Crippen LogP contribution in [0.1, 0.15) is 30.4 Å². The first-order valence-electron chi connectivity index (χ1n) is 12.1. The molecule has 0 unspecified atom stereocenters. The molecule has 5 rings (SSSR count). The average molecular weight is 514 g/mol. The predicted octanol–water partition coefficient (Wildman–Crippen LogP) is 3.67. The van der Waals surface area contributed by atoms with Gasteiger partial charge in [-0.25, -0.2) is 9.31 Å². The number of fused-ring (bicyclic) bond motifs is 1. The summed E-state index contributed by atoms with van der Waals surface area (Å²) in [5, 5.41) is 7.88. The third-order valence-electron chi connectivity index (χ3n) is 6.97. The minimum absolute atomic E-state index is 0. The third kappa shape index (κ3) is 5.12. The van der Waals surface area contributed by atoms with Gasteiger partial charge in [0, 0.05) is 30.8 Å². The molecule has 1 N–H and O–H groups in total. The molecule has 2 aliphatic heterocycles. The van der Waals surface area contributed by atoms with Crippen LogP contribution in [0.25, 0.3) is 5.52 Å². The van der Waals surface area contributed by atoms with Crippen molar-refractivity contribution in [2.24, 2.45) is 5.92 Å². The lowest BCUT2D eigenvalue weighted by Crippen LogP contribution is -2.52. The van der Waals surface area contributed by atoms with Gasteiger partial charge in [-0.15, -0.1) is 12.4 Å². The molecule has 2 aliphatic rings. The van der Waals surface area contributed by atoms with E-state index in [4.69, 9.17) is 9.47 Å². The molecule has 2 saturated heterocycles. The van der Waals surface area contributed by atoms with Crippen LogP contribution in [0.3, 0.4) is 0 Å². The first kappa shape index (κ1) is 25.8. The van der Waals surface area contributed by atoms with Gasteiger partial charge in [0.2, 0.25) is 5.91 Å². The number of carbonyl (C=O) groups excluding carboxylic acids is 2. The Balaban J connectivity index is 0.00000304. The second kappa shape index (κ2) is 11.2. The van der Waals surface area contributed by atoms with Gasteiger partial charge >= 0.3 is 6.03 Å². The van der Waals surface area contributed by atoms with Crippen molar-refractivity contribution in [1.82, 2.24) is 19.8 Å². The minimum Gasteiger partial charge on any atom is -0.497 e. The quantitative estimate of drug-likeness (QED) is 0.518. The molecule has 0 spiro atoms. The number of halogens is 1. The van der Waals surface area contributed by atoms with Gasteiger partial charge in [-0.2, -0.15) is 5.10 Å². The van der Waals surface area contributed by atoms with E-state index in [1.165, 1.54) is 23.3 Å². The molecule has 2 aromatic heterocycles. The Bertz CT molecular complexity index is 1240. The van der Waals surface area contributed by atoms with Crippen molar-refractivity contribution in [1.29, 1.82) is 0 Å². The summed E-state index contributed by atoms with van der Waals surface area (Å²) in [7, 11) is 3.14. The lowest BCUT2D eigenvalue weighted by molar-refractivity contribution is -0.129. The zero-order valence-electron chi connectivity index (χ0n) is 20.6. The van der Waals surface area contributed by atoms with Gasteiger partial charge < -0.3 is 14.8 Å². The highest BCUT2D eigenvalue weighted by Crippen LogP contribution is 2.30. The third-order valence-corrected chi connectivity index (χ3v) is 6.97. The smallest absolute Gasteiger partial charge is 0.331 e. The van der Waals surface area contributed by atoms with E-state index in [1.54, 1.807) is 42.0 Å². The van der Waals surface area contributed by atoms with E-state index in [1.807, 2.05) is 12.3 Å². The fraction of sp³-hybridized carbons (Fsp3) is 0.423. The van der Waals surface area contributed by atoms with E-state index >= 15 is 0 Å². The Hall–Kier alpha value is -3.30. The van der Waals surface area contributed by atoms with Crippen molar-refractivity contribution in [3.05, 3.63) is 53.9 Å². The molecule has 1 aromatic carbocycles. The van der Waals surface area contributed by atoms with Gasteiger partial charge in [0.25, 0.3) is 0 Å². The van der Waals surface area contributed by atoms with Gasteiger partial charge in [-0.05, 0) is 68.1 Å². The molecule has 0 saturated carbocycles. The standard InChI is InChI=1S/C26H31N5O4.ClH/c1-34-21-4-3-20(24(15-21)35-2)17-30-25(32)8-11-29(26(30)33)23-16-28-31-12-7-19(14-22(23)31)13-18-5-9-27-10-6-18;/h3-4,7,12,14-16,18,27H,5-6,8-11,13,17H2,1-2H3;1H. The van der Waals surface area contributed by atoms with Crippen molar-refractivity contribution in [3.8, 4) is 11.5 Å². The maximum atomic E-state index is 13.5. The van der Waals surface area contributed by atoms with Gasteiger partial charge in [0.05, 0.1) is 38.2 Å². The Morgan fingerprint density at radius 3 is 2.64 bits per heavy atom. The molecule has 10 heteroatoms. The van der Waals surface area contributed by atoms with Gasteiger partial charge in [-0.1, -0.05) is 0 Å². The topological polar surface area (TPSA) is 88.4 Å². The van der Waals surface area contributed by atoms with Crippen molar-refractivity contribution in [3.63, 3.8) is 0 Å².